The number of rotatable bonds is 5. The molecule has 0 saturated carbocycles. The summed E-state index contributed by atoms with van der Waals surface area (Å²) in [4.78, 5) is 31.9. The molecule has 0 bridgehead atoms. The third kappa shape index (κ3) is 4.32. The number of anilines is 1. The fraction of sp³-hybridized carbons (Fsp3) is 0.429. The van der Waals surface area contributed by atoms with E-state index in [0.29, 0.717) is 23.7 Å². The van der Waals surface area contributed by atoms with Crippen molar-refractivity contribution in [2.45, 2.75) is 39.7 Å². The first-order valence-electron chi connectivity index (χ1n) is 10.0. The number of carbonyl (C=O) groups is 1. The highest BCUT2D eigenvalue weighted by atomic mass is 32.1. The van der Waals surface area contributed by atoms with Gasteiger partial charge in [-0.1, -0.05) is 42.5 Å². The van der Waals surface area contributed by atoms with Crippen LogP contribution in [0.15, 0.2) is 35.1 Å². The maximum Gasteiger partial charge on any atom is 0.275 e. The van der Waals surface area contributed by atoms with Crippen molar-refractivity contribution in [2.75, 3.05) is 18.0 Å². The van der Waals surface area contributed by atoms with Crippen LogP contribution in [0.4, 0.5) is 5.13 Å². The second kappa shape index (κ2) is 8.32. The normalized spacial score (nSPS) is 16.9. The van der Waals surface area contributed by atoms with Crippen LogP contribution in [0.2, 0.25) is 0 Å². The molecule has 0 spiro atoms. The lowest BCUT2D eigenvalue weighted by molar-refractivity contribution is -0.125. The first-order chi connectivity index (χ1) is 14.0. The molecule has 4 rings (SSSR count). The molecule has 3 heterocycles. The largest absolute Gasteiger partial charge is 0.352 e. The molecule has 1 atom stereocenters. The average Bonchev–Trinajstić information content (AvgIpc) is 3.17. The van der Waals surface area contributed by atoms with E-state index in [1.54, 1.807) is 6.92 Å². The Morgan fingerprint density at radius 1 is 1.28 bits per heavy atom. The van der Waals surface area contributed by atoms with Crippen molar-refractivity contribution in [1.29, 1.82) is 0 Å². The monoisotopic (exact) mass is 411 g/mol. The number of benzene rings is 1. The Hall–Kier alpha value is -2.74. The predicted molar refractivity (Wildman–Crippen MR) is 114 cm³/mol. The summed E-state index contributed by atoms with van der Waals surface area (Å²) in [5.41, 5.74) is 2.92. The van der Waals surface area contributed by atoms with Gasteiger partial charge >= 0.3 is 0 Å². The van der Waals surface area contributed by atoms with Crippen molar-refractivity contribution < 1.29 is 4.79 Å². The molecule has 0 radical (unpaired) electrons. The van der Waals surface area contributed by atoms with Gasteiger partial charge in [0, 0.05) is 31.4 Å². The van der Waals surface area contributed by atoms with Crippen LogP contribution in [0.5, 0.6) is 0 Å². The summed E-state index contributed by atoms with van der Waals surface area (Å²) in [5.74, 6) is -0.0152. The standard InChI is InChI=1S/C21H25N5O2S/c1-3-15-6-8-16(9-7-15)12-22-19(28)17-5-4-10-25(13-17)21-24-26-18(27)11-14(2)23-20(26)29-21/h6-9,11,17H,3-5,10,12-13H2,1-2H3,(H,22,28)/t17-/m1/s1. The summed E-state index contributed by atoms with van der Waals surface area (Å²) in [6.45, 7) is 5.91. The Bertz CT molecular complexity index is 1070. The van der Waals surface area contributed by atoms with E-state index in [2.05, 4.69) is 51.5 Å². The van der Waals surface area contributed by atoms with Crippen LogP contribution >= 0.6 is 11.3 Å². The molecule has 1 N–H and O–H groups in total. The summed E-state index contributed by atoms with van der Waals surface area (Å²) in [6, 6.07) is 9.83. The lowest BCUT2D eigenvalue weighted by Crippen LogP contribution is -2.43. The van der Waals surface area contributed by atoms with Gasteiger partial charge in [0.05, 0.1) is 5.92 Å². The van der Waals surface area contributed by atoms with E-state index >= 15 is 0 Å². The van der Waals surface area contributed by atoms with Gasteiger partial charge in [-0.3, -0.25) is 9.59 Å². The highest BCUT2D eigenvalue weighted by molar-refractivity contribution is 7.20. The molecule has 1 aliphatic heterocycles. The topological polar surface area (TPSA) is 79.6 Å². The molecule has 2 aromatic heterocycles. The van der Waals surface area contributed by atoms with Crippen LogP contribution in [-0.2, 0) is 17.8 Å². The van der Waals surface area contributed by atoms with Gasteiger partial charge < -0.3 is 10.2 Å². The van der Waals surface area contributed by atoms with E-state index in [0.717, 1.165) is 36.5 Å². The number of nitrogens with zero attached hydrogens (tertiary/aromatic N) is 4. The SMILES string of the molecule is CCc1ccc(CNC(=O)[C@@H]2CCCN(c3nn4c(=O)cc(C)nc4s3)C2)cc1. The van der Waals surface area contributed by atoms with Crippen LogP contribution in [-0.4, -0.2) is 33.6 Å². The molecule has 8 heteroatoms. The van der Waals surface area contributed by atoms with Gasteiger partial charge in [0.15, 0.2) is 0 Å². The van der Waals surface area contributed by atoms with Crippen molar-refractivity contribution in [2.24, 2.45) is 5.92 Å². The van der Waals surface area contributed by atoms with Crippen LogP contribution in [0, 0.1) is 12.8 Å². The van der Waals surface area contributed by atoms with Crippen molar-refractivity contribution in [1.82, 2.24) is 19.9 Å². The van der Waals surface area contributed by atoms with Gasteiger partial charge in [-0.2, -0.15) is 4.52 Å². The minimum Gasteiger partial charge on any atom is -0.352 e. The molecule has 152 valence electrons. The first kappa shape index (κ1) is 19.6. The van der Waals surface area contributed by atoms with E-state index in [4.69, 9.17) is 0 Å². The lowest BCUT2D eigenvalue weighted by atomic mass is 9.97. The highest BCUT2D eigenvalue weighted by Crippen LogP contribution is 2.27. The average molecular weight is 412 g/mol. The number of fused-ring (bicyclic) bond motifs is 1. The Morgan fingerprint density at radius 2 is 2.03 bits per heavy atom. The number of nitrogens with one attached hydrogen (secondary N) is 1. The molecule has 0 unspecified atom stereocenters. The number of hydrogen-bond donors (Lipinski definition) is 1. The molecule has 7 nitrogen and oxygen atoms in total. The molecule has 1 aromatic carbocycles. The second-order valence-electron chi connectivity index (χ2n) is 7.49. The minimum absolute atomic E-state index is 0.0708. The van der Waals surface area contributed by atoms with Gasteiger partial charge in [-0.15, -0.1) is 5.10 Å². The number of piperidine rings is 1. The van der Waals surface area contributed by atoms with Gasteiger partial charge in [0.2, 0.25) is 16.0 Å². The maximum atomic E-state index is 12.7. The van der Waals surface area contributed by atoms with Gasteiger partial charge in [0.25, 0.3) is 5.56 Å². The molecule has 1 fully saturated rings. The third-order valence-electron chi connectivity index (χ3n) is 5.32. The van der Waals surface area contributed by atoms with Crippen LogP contribution in [0.1, 0.15) is 36.6 Å². The summed E-state index contributed by atoms with van der Waals surface area (Å²) in [6.07, 6.45) is 2.79. The van der Waals surface area contributed by atoms with Gasteiger partial charge in [-0.05, 0) is 37.3 Å². The zero-order valence-corrected chi connectivity index (χ0v) is 17.5. The number of aromatic nitrogens is 3. The van der Waals surface area contributed by atoms with Crippen molar-refractivity contribution in [3.05, 3.63) is 57.5 Å². The summed E-state index contributed by atoms with van der Waals surface area (Å²) < 4.78 is 1.34. The minimum atomic E-state index is -0.171. The summed E-state index contributed by atoms with van der Waals surface area (Å²) in [7, 11) is 0. The van der Waals surface area contributed by atoms with Crippen LogP contribution < -0.4 is 15.8 Å². The lowest BCUT2D eigenvalue weighted by Gasteiger charge is -2.31. The van der Waals surface area contributed by atoms with Crippen molar-refractivity contribution in [3.8, 4) is 0 Å². The van der Waals surface area contributed by atoms with E-state index in [9.17, 15) is 9.59 Å². The van der Waals surface area contributed by atoms with Crippen molar-refractivity contribution >= 4 is 27.3 Å². The second-order valence-corrected chi connectivity index (χ2v) is 8.42. The zero-order chi connectivity index (χ0) is 20.4. The van der Waals surface area contributed by atoms with Crippen LogP contribution in [0.3, 0.4) is 0 Å². The van der Waals surface area contributed by atoms with Gasteiger partial charge in [-0.25, -0.2) is 4.98 Å². The highest BCUT2D eigenvalue weighted by Gasteiger charge is 2.27. The number of amides is 1. The maximum absolute atomic E-state index is 12.7. The molecule has 1 aliphatic rings. The zero-order valence-electron chi connectivity index (χ0n) is 16.7. The molecular weight excluding hydrogens is 386 g/mol. The van der Waals surface area contributed by atoms with Crippen molar-refractivity contribution in [3.63, 3.8) is 0 Å². The van der Waals surface area contributed by atoms with E-state index in [-0.39, 0.29) is 17.4 Å². The Balaban J connectivity index is 1.41. The Kier molecular flexibility index (Phi) is 5.62. The number of carbonyl (C=O) groups excluding carboxylic acids is 1. The molecule has 1 amide bonds. The Morgan fingerprint density at radius 3 is 2.79 bits per heavy atom. The quantitative estimate of drug-likeness (QED) is 0.698. The van der Waals surface area contributed by atoms with E-state index in [1.807, 2.05) is 0 Å². The molecule has 3 aromatic rings. The smallest absolute Gasteiger partial charge is 0.275 e. The summed E-state index contributed by atoms with van der Waals surface area (Å²) in [5, 5.41) is 8.25. The molecule has 29 heavy (non-hydrogen) atoms. The summed E-state index contributed by atoms with van der Waals surface area (Å²) >= 11 is 1.39. The first-order valence-corrected chi connectivity index (χ1v) is 10.8. The molecule has 0 aliphatic carbocycles. The van der Waals surface area contributed by atoms with E-state index < -0.39 is 0 Å². The molecule has 1 saturated heterocycles. The fourth-order valence-corrected chi connectivity index (χ4v) is 4.62. The predicted octanol–water partition coefficient (Wildman–Crippen LogP) is 2.55. The van der Waals surface area contributed by atoms with Gasteiger partial charge in [0.1, 0.15) is 0 Å². The fourth-order valence-electron chi connectivity index (χ4n) is 3.63. The third-order valence-corrected chi connectivity index (χ3v) is 6.29. The van der Waals surface area contributed by atoms with E-state index in [1.165, 1.54) is 27.5 Å². The Labute approximate surface area is 173 Å². The number of aryl methyl sites for hydroxylation is 2. The number of hydrogen-bond acceptors (Lipinski definition) is 6. The molecular formula is C21H25N5O2S. The van der Waals surface area contributed by atoms with Crippen LogP contribution in [0.25, 0.3) is 4.96 Å².